The Hall–Kier alpha value is -2.86. The van der Waals surface area contributed by atoms with E-state index in [0.29, 0.717) is 11.3 Å². The molecule has 1 fully saturated rings. The van der Waals surface area contributed by atoms with E-state index >= 15 is 0 Å². The molecule has 11 heteroatoms. The minimum absolute atomic E-state index is 0.0351. The number of phenols is 1. The number of ether oxygens (including phenoxy) is 1. The monoisotopic (exact) mass is 391 g/mol. The highest BCUT2D eigenvalue weighted by Gasteiger charge is 2.44. The summed E-state index contributed by atoms with van der Waals surface area (Å²) in [7, 11) is 0. The molecule has 0 aliphatic carbocycles. The highest BCUT2D eigenvalue weighted by Crippen LogP contribution is 2.28. The molecule has 1 saturated heterocycles. The molecule has 3 rings (SSSR count). The van der Waals surface area contributed by atoms with Crippen molar-refractivity contribution in [3.05, 3.63) is 41.5 Å². The van der Waals surface area contributed by atoms with E-state index in [1.165, 1.54) is 6.07 Å². The summed E-state index contributed by atoms with van der Waals surface area (Å²) in [6.07, 6.45) is -3.51. The van der Waals surface area contributed by atoms with Crippen molar-refractivity contribution in [2.24, 2.45) is 5.10 Å². The number of carbonyl (C=O) groups is 1. The zero-order valence-corrected chi connectivity index (χ0v) is 15.2. The van der Waals surface area contributed by atoms with E-state index in [1.807, 2.05) is 6.92 Å². The van der Waals surface area contributed by atoms with Gasteiger partial charge in [-0.15, -0.1) is 5.10 Å². The lowest BCUT2D eigenvalue weighted by Gasteiger charge is -2.13. The van der Waals surface area contributed by atoms with E-state index in [2.05, 4.69) is 20.6 Å². The van der Waals surface area contributed by atoms with Crippen molar-refractivity contribution in [1.29, 1.82) is 0 Å². The first kappa shape index (κ1) is 19.9. The zero-order valence-electron chi connectivity index (χ0n) is 15.2. The Morgan fingerprint density at radius 2 is 2.11 bits per heavy atom. The maximum Gasteiger partial charge on any atom is 0.311 e. The second kappa shape index (κ2) is 8.02. The van der Waals surface area contributed by atoms with E-state index in [0.717, 1.165) is 16.6 Å². The summed E-state index contributed by atoms with van der Waals surface area (Å²) in [6.45, 7) is 3.01. The van der Waals surface area contributed by atoms with Crippen LogP contribution in [0.4, 0.5) is 0 Å². The standard InChI is InChI=1S/C17H21N5O6/c1-8-3-4-11(24)10(5-8)9(2)19-20-16(27)15-18-7-22(21-15)17-14(26)13(25)12(6-23)28-17/h3-5,7,12-14,17,23-26H,6H2,1-2H3,(H,20,27)/b19-9-/t12-,13-,14-,17-/m1/s1. The number of nitrogens with zero attached hydrogens (tertiary/aromatic N) is 4. The molecule has 2 heterocycles. The maximum absolute atomic E-state index is 12.2. The molecule has 1 aliphatic rings. The number of aliphatic hydroxyl groups is 3. The van der Waals surface area contributed by atoms with Crippen LogP contribution in [0.3, 0.4) is 0 Å². The van der Waals surface area contributed by atoms with Crippen molar-refractivity contribution >= 4 is 11.6 Å². The Morgan fingerprint density at radius 1 is 1.36 bits per heavy atom. The van der Waals surface area contributed by atoms with E-state index < -0.39 is 37.1 Å². The number of aromatic hydroxyl groups is 1. The maximum atomic E-state index is 12.2. The van der Waals surface area contributed by atoms with Gasteiger partial charge in [0.05, 0.1) is 12.3 Å². The first-order valence-corrected chi connectivity index (χ1v) is 8.50. The smallest absolute Gasteiger partial charge is 0.311 e. The highest BCUT2D eigenvalue weighted by atomic mass is 16.6. The van der Waals surface area contributed by atoms with Crippen LogP contribution in [0.2, 0.25) is 0 Å². The summed E-state index contributed by atoms with van der Waals surface area (Å²) in [6, 6.07) is 5.02. The summed E-state index contributed by atoms with van der Waals surface area (Å²) in [5.41, 5.74) is 4.08. The van der Waals surface area contributed by atoms with Crippen molar-refractivity contribution in [1.82, 2.24) is 20.2 Å². The Balaban J connectivity index is 1.70. The molecular formula is C17H21N5O6. The summed E-state index contributed by atoms with van der Waals surface area (Å²) in [5, 5.41) is 46.7. The third kappa shape index (κ3) is 3.87. The SMILES string of the molecule is C/C(=N/NC(=O)c1ncn([C@@H]2O[C@H](CO)[C@@H](O)[C@H]2O)n1)c1cc(C)ccc1O. The Bertz CT molecular complexity index is 898. The number of aromatic nitrogens is 3. The fourth-order valence-corrected chi connectivity index (χ4v) is 2.78. The van der Waals surface area contributed by atoms with Crippen LogP contribution < -0.4 is 5.43 Å². The molecule has 5 N–H and O–H groups in total. The number of hydrogen-bond acceptors (Lipinski definition) is 9. The zero-order chi connectivity index (χ0) is 20.4. The van der Waals surface area contributed by atoms with Crippen LogP contribution in [-0.4, -0.2) is 71.7 Å². The molecule has 1 amide bonds. The molecule has 11 nitrogen and oxygen atoms in total. The summed E-state index contributed by atoms with van der Waals surface area (Å²) >= 11 is 0. The molecule has 0 radical (unpaired) electrons. The third-order valence-electron chi connectivity index (χ3n) is 4.36. The van der Waals surface area contributed by atoms with Crippen molar-refractivity contribution in [2.45, 2.75) is 38.4 Å². The van der Waals surface area contributed by atoms with Gasteiger partial charge in [-0.3, -0.25) is 4.79 Å². The number of amides is 1. The molecule has 2 aromatic rings. The first-order valence-electron chi connectivity index (χ1n) is 8.50. The third-order valence-corrected chi connectivity index (χ3v) is 4.36. The lowest BCUT2D eigenvalue weighted by molar-refractivity contribution is -0.0588. The fourth-order valence-electron chi connectivity index (χ4n) is 2.78. The minimum atomic E-state index is -1.33. The number of rotatable bonds is 5. The highest BCUT2D eigenvalue weighted by molar-refractivity contribution is 6.02. The van der Waals surface area contributed by atoms with Gasteiger partial charge in [-0.2, -0.15) is 5.10 Å². The lowest BCUT2D eigenvalue weighted by Crippen LogP contribution is -2.33. The Kier molecular flexibility index (Phi) is 5.70. The lowest BCUT2D eigenvalue weighted by atomic mass is 10.1. The van der Waals surface area contributed by atoms with Gasteiger partial charge in [0.1, 0.15) is 30.4 Å². The molecule has 1 aromatic carbocycles. The largest absolute Gasteiger partial charge is 0.507 e. The van der Waals surface area contributed by atoms with Crippen LogP contribution in [0.5, 0.6) is 5.75 Å². The van der Waals surface area contributed by atoms with Gasteiger partial charge in [-0.05, 0) is 26.0 Å². The summed E-state index contributed by atoms with van der Waals surface area (Å²) in [5.74, 6) is -0.910. The van der Waals surface area contributed by atoms with Gasteiger partial charge in [0.25, 0.3) is 0 Å². The van der Waals surface area contributed by atoms with Crippen LogP contribution in [0.15, 0.2) is 29.6 Å². The second-order valence-corrected chi connectivity index (χ2v) is 6.44. The van der Waals surface area contributed by atoms with Crippen LogP contribution in [-0.2, 0) is 4.74 Å². The molecule has 0 bridgehead atoms. The number of aryl methyl sites for hydroxylation is 1. The number of carbonyl (C=O) groups excluding carboxylic acids is 1. The van der Waals surface area contributed by atoms with E-state index in [4.69, 9.17) is 9.84 Å². The number of phenolic OH excluding ortho intramolecular Hbond substituents is 1. The van der Waals surface area contributed by atoms with Gasteiger partial charge in [-0.25, -0.2) is 15.1 Å². The average Bonchev–Trinajstić information content (AvgIpc) is 3.27. The second-order valence-electron chi connectivity index (χ2n) is 6.44. The van der Waals surface area contributed by atoms with Gasteiger partial charge < -0.3 is 25.2 Å². The first-order chi connectivity index (χ1) is 13.3. The van der Waals surface area contributed by atoms with E-state index in [-0.39, 0.29) is 11.6 Å². The van der Waals surface area contributed by atoms with Crippen LogP contribution in [0, 0.1) is 6.92 Å². The van der Waals surface area contributed by atoms with Crippen LogP contribution in [0.1, 0.15) is 34.9 Å². The Labute approximate surface area is 159 Å². The molecule has 1 aromatic heterocycles. The van der Waals surface area contributed by atoms with Gasteiger partial charge in [0, 0.05) is 5.56 Å². The predicted molar refractivity (Wildman–Crippen MR) is 95.6 cm³/mol. The number of nitrogens with one attached hydrogen (secondary N) is 1. The molecular weight excluding hydrogens is 370 g/mol. The predicted octanol–water partition coefficient (Wildman–Crippen LogP) is -0.942. The van der Waals surface area contributed by atoms with Crippen molar-refractivity contribution in [2.75, 3.05) is 6.61 Å². The summed E-state index contributed by atoms with van der Waals surface area (Å²) in [4.78, 5) is 16.1. The Morgan fingerprint density at radius 3 is 2.79 bits per heavy atom. The number of hydrogen-bond donors (Lipinski definition) is 5. The van der Waals surface area contributed by atoms with Crippen molar-refractivity contribution in [3.63, 3.8) is 0 Å². The number of hydrazone groups is 1. The van der Waals surface area contributed by atoms with Gasteiger partial charge in [0.15, 0.2) is 6.23 Å². The van der Waals surface area contributed by atoms with Crippen molar-refractivity contribution in [3.8, 4) is 5.75 Å². The molecule has 28 heavy (non-hydrogen) atoms. The minimum Gasteiger partial charge on any atom is -0.507 e. The van der Waals surface area contributed by atoms with Gasteiger partial charge in [0.2, 0.25) is 5.82 Å². The molecule has 1 aliphatic heterocycles. The number of benzene rings is 1. The van der Waals surface area contributed by atoms with E-state index in [1.54, 1.807) is 19.1 Å². The summed E-state index contributed by atoms with van der Waals surface area (Å²) < 4.78 is 6.40. The molecule has 0 saturated carbocycles. The van der Waals surface area contributed by atoms with Crippen molar-refractivity contribution < 1.29 is 30.0 Å². The normalized spacial score (nSPS) is 25.1. The molecule has 0 spiro atoms. The quantitative estimate of drug-likeness (QED) is 0.322. The topological polar surface area (TPSA) is 162 Å². The van der Waals surface area contributed by atoms with Crippen LogP contribution >= 0.6 is 0 Å². The van der Waals surface area contributed by atoms with Gasteiger partial charge in [-0.1, -0.05) is 11.6 Å². The number of aliphatic hydroxyl groups excluding tert-OH is 3. The van der Waals surface area contributed by atoms with Gasteiger partial charge >= 0.3 is 5.91 Å². The average molecular weight is 391 g/mol. The van der Waals surface area contributed by atoms with E-state index in [9.17, 15) is 20.1 Å². The molecule has 0 unspecified atom stereocenters. The molecule has 150 valence electrons. The molecule has 4 atom stereocenters. The fraction of sp³-hybridized carbons (Fsp3) is 0.412. The van der Waals surface area contributed by atoms with Crippen LogP contribution in [0.25, 0.3) is 0 Å².